The van der Waals surface area contributed by atoms with Crippen molar-refractivity contribution in [2.75, 3.05) is 6.54 Å². The summed E-state index contributed by atoms with van der Waals surface area (Å²) in [7, 11) is 0. The lowest BCUT2D eigenvalue weighted by atomic mass is 10.0. The van der Waals surface area contributed by atoms with Crippen LogP contribution in [0, 0.1) is 0 Å². The Labute approximate surface area is 213 Å². The van der Waals surface area contributed by atoms with E-state index in [0.717, 1.165) is 11.1 Å². The highest BCUT2D eigenvalue weighted by Crippen LogP contribution is 2.24. The van der Waals surface area contributed by atoms with Crippen LogP contribution in [0.1, 0.15) is 37.4 Å². The number of aromatic nitrogens is 1. The molecule has 6 nitrogen and oxygen atoms in total. The average molecular weight is 501 g/mol. The smallest absolute Gasteiger partial charge is 0.263 e. The highest BCUT2D eigenvalue weighted by atomic mass is 35.5. The third-order valence-corrected chi connectivity index (χ3v) is 6.06. The molecule has 0 saturated carbocycles. The second-order valence-corrected chi connectivity index (χ2v) is 8.80. The molecule has 0 fully saturated rings. The third kappa shape index (κ3) is 6.09. The van der Waals surface area contributed by atoms with Crippen molar-refractivity contribution in [3.63, 3.8) is 0 Å². The molecule has 0 aliphatic rings. The number of ketones is 1. The molecule has 3 aromatic carbocycles. The summed E-state index contributed by atoms with van der Waals surface area (Å²) in [5, 5.41) is 13.3. The van der Waals surface area contributed by atoms with Gasteiger partial charge in [-0.3, -0.25) is 14.4 Å². The van der Waals surface area contributed by atoms with Crippen LogP contribution in [0.2, 0.25) is 5.02 Å². The summed E-state index contributed by atoms with van der Waals surface area (Å²) in [5.74, 6) is -1.34. The number of benzene rings is 3. The van der Waals surface area contributed by atoms with Gasteiger partial charge in [-0.1, -0.05) is 72.3 Å². The van der Waals surface area contributed by atoms with E-state index in [1.807, 2.05) is 60.7 Å². The lowest BCUT2D eigenvalue weighted by Crippen LogP contribution is -2.35. The van der Waals surface area contributed by atoms with Gasteiger partial charge in [0.05, 0.1) is 5.56 Å². The van der Waals surface area contributed by atoms with Gasteiger partial charge in [-0.15, -0.1) is 0 Å². The molecule has 0 unspecified atom stereocenters. The van der Waals surface area contributed by atoms with Crippen molar-refractivity contribution in [3.8, 4) is 5.75 Å². The van der Waals surface area contributed by atoms with Gasteiger partial charge >= 0.3 is 0 Å². The standard InChI is InChI=1S/C29H25ClN2O4/c30-23-11-12-26(33)24(18-23)27(34)22-17-25(28(35)31-15-13-20-7-3-1-4-8-20)29(36)32(19-22)16-14-21-9-5-2-6-10-21/h1-12,17-19,33H,13-16H2,(H,31,35). The molecular formula is C29H25ClN2O4. The van der Waals surface area contributed by atoms with Gasteiger partial charge in [0.15, 0.2) is 5.78 Å². The highest BCUT2D eigenvalue weighted by Gasteiger charge is 2.20. The predicted octanol–water partition coefficient (Wildman–Crippen LogP) is 4.65. The molecule has 0 radical (unpaired) electrons. The zero-order chi connectivity index (χ0) is 25.5. The number of rotatable bonds is 9. The van der Waals surface area contributed by atoms with E-state index >= 15 is 0 Å². The summed E-state index contributed by atoms with van der Waals surface area (Å²) in [6.45, 7) is 0.606. The third-order valence-electron chi connectivity index (χ3n) is 5.82. The maximum absolute atomic E-state index is 13.3. The second kappa shape index (κ2) is 11.5. The van der Waals surface area contributed by atoms with E-state index in [2.05, 4.69) is 5.32 Å². The number of nitrogens with zero attached hydrogens (tertiary/aromatic N) is 1. The number of aromatic hydroxyl groups is 1. The maximum Gasteiger partial charge on any atom is 0.263 e. The molecule has 7 heteroatoms. The van der Waals surface area contributed by atoms with E-state index in [4.69, 9.17) is 11.6 Å². The van der Waals surface area contributed by atoms with Crippen molar-refractivity contribution in [1.82, 2.24) is 9.88 Å². The molecule has 36 heavy (non-hydrogen) atoms. The quantitative estimate of drug-likeness (QED) is 0.327. The van der Waals surface area contributed by atoms with Gasteiger partial charge in [0.1, 0.15) is 11.3 Å². The minimum Gasteiger partial charge on any atom is -0.507 e. The van der Waals surface area contributed by atoms with E-state index in [9.17, 15) is 19.5 Å². The number of amides is 1. The highest BCUT2D eigenvalue weighted by molar-refractivity contribution is 6.31. The number of carbonyl (C=O) groups is 2. The number of aryl methyl sites for hydroxylation is 2. The Hall–Kier alpha value is -4.16. The Kier molecular flexibility index (Phi) is 7.98. The summed E-state index contributed by atoms with van der Waals surface area (Å²) in [5.41, 5.74) is 1.54. The minimum absolute atomic E-state index is 0.00815. The van der Waals surface area contributed by atoms with Crippen molar-refractivity contribution < 1.29 is 14.7 Å². The normalized spacial score (nSPS) is 10.7. The maximum atomic E-state index is 13.3. The van der Waals surface area contributed by atoms with Crippen molar-refractivity contribution >= 4 is 23.3 Å². The van der Waals surface area contributed by atoms with Gasteiger partial charge in [-0.05, 0) is 48.2 Å². The molecule has 0 saturated heterocycles. The van der Waals surface area contributed by atoms with Crippen LogP contribution in [0.25, 0.3) is 0 Å². The summed E-state index contributed by atoms with van der Waals surface area (Å²) in [4.78, 5) is 39.5. The van der Waals surface area contributed by atoms with E-state index < -0.39 is 17.2 Å². The lowest BCUT2D eigenvalue weighted by molar-refractivity contribution is 0.0952. The van der Waals surface area contributed by atoms with Gasteiger partial charge in [-0.2, -0.15) is 0 Å². The number of pyridine rings is 1. The topological polar surface area (TPSA) is 88.4 Å². The largest absolute Gasteiger partial charge is 0.507 e. The van der Waals surface area contributed by atoms with Crippen molar-refractivity contribution in [1.29, 1.82) is 0 Å². The molecule has 0 bridgehead atoms. The van der Waals surface area contributed by atoms with Crippen LogP contribution in [0.5, 0.6) is 5.75 Å². The van der Waals surface area contributed by atoms with E-state index in [0.29, 0.717) is 19.4 Å². The minimum atomic E-state index is -0.561. The van der Waals surface area contributed by atoms with E-state index in [1.165, 1.54) is 35.0 Å². The molecule has 4 rings (SSSR count). The lowest BCUT2D eigenvalue weighted by Gasteiger charge is -2.13. The zero-order valence-electron chi connectivity index (χ0n) is 19.5. The van der Waals surface area contributed by atoms with Crippen LogP contribution in [-0.4, -0.2) is 27.9 Å². The molecular weight excluding hydrogens is 476 g/mol. The van der Waals surface area contributed by atoms with Gasteiger partial charge in [-0.25, -0.2) is 0 Å². The van der Waals surface area contributed by atoms with Gasteiger partial charge in [0.2, 0.25) is 0 Å². The van der Waals surface area contributed by atoms with Crippen molar-refractivity contribution in [2.24, 2.45) is 0 Å². The second-order valence-electron chi connectivity index (χ2n) is 8.36. The number of nitrogens with one attached hydrogen (secondary N) is 1. The molecule has 0 atom stereocenters. The fourth-order valence-corrected chi connectivity index (χ4v) is 4.06. The predicted molar refractivity (Wildman–Crippen MR) is 140 cm³/mol. The summed E-state index contributed by atoms with van der Waals surface area (Å²) in [6.07, 6.45) is 2.56. The SMILES string of the molecule is O=C(c1cc(C(=O)NCCc2ccccc2)c(=O)n(CCc2ccccc2)c1)c1cc(Cl)ccc1O. The molecule has 0 spiro atoms. The first kappa shape index (κ1) is 24.9. The monoisotopic (exact) mass is 500 g/mol. The average Bonchev–Trinajstić information content (AvgIpc) is 2.90. The number of phenols is 1. The first-order chi connectivity index (χ1) is 17.4. The first-order valence-corrected chi connectivity index (χ1v) is 11.9. The van der Waals surface area contributed by atoms with Crippen LogP contribution >= 0.6 is 11.6 Å². The first-order valence-electron chi connectivity index (χ1n) is 11.6. The van der Waals surface area contributed by atoms with Gasteiger partial charge in [0, 0.05) is 29.9 Å². The Morgan fingerprint density at radius 3 is 2.14 bits per heavy atom. The number of hydrogen-bond donors (Lipinski definition) is 2. The van der Waals surface area contributed by atoms with Gasteiger partial charge < -0.3 is 15.0 Å². The van der Waals surface area contributed by atoms with Crippen LogP contribution in [0.3, 0.4) is 0 Å². The number of halogens is 1. The molecule has 4 aromatic rings. The molecule has 182 valence electrons. The van der Waals surface area contributed by atoms with Crippen LogP contribution in [0.15, 0.2) is 95.9 Å². The zero-order valence-corrected chi connectivity index (χ0v) is 20.2. The van der Waals surface area contributed by atoms with Crippen LogP contribution < -0.4 is 10.9 Å². The molecule has 1 amide bonds. The Bertz CT molecular complexity index is 1430. The Balaban J connectivity index is 1.64. The Morgan fingerprint density at radius 2 is 1.47 bits per heavy atom. The Morgan fingerprint density at radius 1 is 0.833 bits per heavy atom. The summed E-state index contributed by atoms with van der Waals surface area (Å²) >= 11 is 6.03. The molecule has 1 aromatic heterocycles. The number of carbonyl (C=O) groups excluding carboxylic acids is 2. The van der Waals surface area contributed by atoms with Crippen LogP contribution in [0.4, 0.5) is 0 Å². The van der Waals surface area contributed by atoms with Crippen LogP contribution in [-0.2, 0) is 19.4 Å². The summed E-state index contributed by atoms with van der Waals surface area (Å²) in [6, 6.07) is 24.7. The number of phenolic OH excluding ortho intramolecular Hbond substituents is 1. The van der Waals surface area contributed by atoms with E-state index in [-0.39, 0.29) is 34.0 Å². The summed E-state index contributed by atoms with van der Waals surface area (Å²) < 4.78 is 1.37. The van der Waals surface area contributed by atoms with Crippen molar-refractivity contribution in [3.05, 3.63) is 134 Å². The van der Waals surface area contributed by atoms with Crippen molar-refractivity contribution in [2.45, 2.75) is 19.4 Å². The van der Waals surface area contributed by atoms with E-state index in [1.54, 1.807) is 0 Å². The molecule has 0 aliphatic heterocycles. The molecule has 0 aliphatic carbocycles. The molecule has 1 heterocycles. The van der Waals surface area contributed by atoms with Gasteiger partial charge in [0.25, 0.3) is 11.5 Å². The fraction of sp³-hybridized carbons (Fsp3) is 0.138. The fourth-order valence-electron chi connectivity index (χ4n) is 3.89. The number of hydrogen-bond acceptors (Lipinski definition) is 4. The molecule has 2 N–H and O–H groups in total.